The molecule has 5 rings (SSSR count). The number of aromatic nitrogens is 1. The molecule has 3 heterocycles. The van der Waals surface area contributed by atoms with Crippen molar-refractivity contribution >= 4 is 32.6 Å². The fourth-order valence-electron chi connectivity index (χ4n) is 4.87. The summed E-state index contributed by atoms with van der Waals surface area (Å²) in [6.45, 7) is 0.595. The van der Waals surface area contributed by atoms with Crippen LogP contribution in [0.3, 0.4) is 0 Å². The van der Waals surface area contributed by atoms with Crippen LogP contribution in [0.4, 0.5) is 5.69 Å². The molecule has 0 aliphatic carbocycles. The first kappa shape index (κ1) is 30.5. The Balaban J connectivity index is 1.11. The number of unbranched alkanes of at least 4 members (excludes halogenated alkanes) is 1. The second-order valence-electron chi connectivity index (χ2n) is 10.4. The number of nitrogens with zero attached hydrogens (tertiary/aromatic N) is 4. The number of rotatable bonds is 10. The number of aliphatic hydroxyl groups is 4. The lowest BCUT2D eigenvalue weighted by Gasteiger charge is -2.44. The van der Waals surface area contributed by atoms with Gasteiger partial charge < -0.3 is 34.6 Å². The summed E-state index contributed by atoms with van der Waals surface area (Å²) >= 11 is 1.34. The number of oxazole rings is 1. The van der Waals surface area contributed by atoms with Crippen molar-refractivity contribution in [3.63, 3.8) is 0 Å². The Morgan fingerprint density at radius 3 is 2.38 bits per heavy atom. The molecule has 42 heavy (non-hydrogen) atoms. The predicted octanol–water partition coefficient (Wildman–Crippen LogP) is 1.32. The van der Waals surface area contributed by atoms with Crippen LogP contribution in [0.1, 0.15) is 12.8 Å². The molecule has 2 aliphatic rings. The van der Waals surface area contributed by atoms with E-state index in [1.165, 1.54) is 28.8 Å². The topological polar surface area (TPSA) is 172 Å². The zero-order chi connectivity index (χ0) is 30.0. The number of benzene rings is 2. The first-order chi connectivity index (χ1) is 20.1. The number of aliphatic imine (C=N–C) groups is 1. The Morgan fingerprint density at radius 2 is 1.69 bits per heavy atom. The molecule has 0 bridgehead atoms. The fraction of sp³-hybridized carbons (Fsp3) is 0.429. The molecule has 2 aromatic carbocycles. The average molecular weight is 618 g/mol. The Bertz CT molecular complexity index is 1500. The third kappa shape index (κ3) is 6.34. The van der Waals surface area contributed by atoms with E-state index in [0.29, 0.717) is 47.5 Å². The Kier molecular flexibility index (Phi) is 9.23. The first-order valence-corrected chi connectivity index (χ1v) is 16.1. The number of fused-ring (bicyclic) bond motifs is 1. The van der Waals surface area contributed by atoms with Gasteiger partial charge in [-0.1, -0.05) is 11.8 Å². The van der Waals surface area contributed by atoms with Gasteiger partial charge in [0.15, 0.2) is 17.2 Å². The maximum atomic E-state index is 12.8. The molecule has 1 aromatic heterocycles. The Hall–Kier alpha value is -2.98. The van der Waals surface area contributed by atoms with Crippen molar-refractivity contribution in [3.8, 4) is 22.8 Å². The van der Waals surface area contributed by atoms with Crippen LogP contribution in [-0.4, -0.2) is 107 Å². The molecule has 0 radical (unpaired) electrons. The standard InChI is InChI=1S/C28H35N5O7S2/c1-32(2)19-9-5-17(6-10-19)22-15-30-26(40-22)18-7-11-20(12-8-18)42(38,39)31-14-4-3-13-29-28-33-21(16-41-28)23(34)24(35)25(36)27(33)37/h5-12,15,21,23-25,27,31,34-37H,3-4,13-14,16H2,1-2H3/t21?,23-,24+,25-,27-/m1/s1. The van der Waals surface area contributed by atoms with Crippen LogP contribution in [0.5, 0.6) is 0 Å². The van der Waals surface area contributed by atoms with Gasteiger partial charge in [-0.2, -0.15) is 0 Å². The molecule has 1 unspecified atom stereocenters. The SMILES string of the molecule is CN(C)c1ccc(-c2cnc(-c3ccc(S(=O)(=O)NCCCCN=C4SCC5[C@@H](O)[C@H](O)[C@@H](O)[C@@H](O)N45)cc3)o2)cc1. The summed E-state index contributed by atoms with van der Waals surface area (Å²) in [6.07, 6.45) is -2.70. The maximum Gasteiger partial charge on any atom is 0.240 e. The molecule has 2 aliphatic heterocycles. The largest absolute Gasteiger partial charge is 0.436 e. The van der Waals surface area contributed by atoms with Gasteiger partial charge in [0.2, 0.25) is 15.9 Å². The van der Waals surface area contributed by atoms with E-state index in [9.17, 15) is 28.8 Å². The van der Waals surface area contributed by atoms with Crippen LogP contribution >= 0.6 is 11.8 Å². The zero-order valence-corrected chi connectivity index (χ0v) is 24.9. The second kappa shape index (κ2) is 12.7. The van der Waals surface area contributed by atoms with Crippen molar-refractivity contribution < 1.29 is 33.3 Å². The molecular weight excluding hydrogens is 582 g/mol. The molecular formula is C28H35N5O7S2. The molecule has 226 valence electrons. The van der Waals surface area contributed by atoms with Crippen LogP contribution < -0.4 is 9.62 Å². The van der Waals surface area contributed by atoms with Crippen LogP contribution in [-0.2, 0) is 10.0 Å². The molecule has 2 saturated heterocycles. The lowest BCUT2D eigenvalue weighted by molar-refractivity contribution is -0.190. The maximum absolute atomic E-state index is 12.8. The summed E-state index contributed by atoms with van der Waals surface area (Å²) in [4.78, 5) is 12.4. The quantitative estimate of drug-likeness (QED) is 0.208. The highest BCUT2D eigenvalue weighted by Gasteiger charge is 2.51. The number of nitrogens with one attached hydrogen (secondary N) is 1. The minimum atomic E-state index is -3.72. The van der Waals surface area contributed by atoms with Gasteiger partial charge in [0.05, 0.1) is 17.1 Å². The summed E-state index contributed by atoms with van der Waals surface area (Å²) in [6, 6.07) is 13.7. The van der Waals surface area contributed by atoms with E-state index in [-0.39, 0.29) is 11.4 Å². The summed E-state index contributed by atoms with van der Waals surface area (Å²) in [5, 5.41) is 40.9. The van der Waals surface area contributed by atoms with Crippen molar-refractivity contribution in [2.45, 2.75) is 48.3 Å². The van der Waals surface area contributed by atoms with Gasteiger partial charge >= 0.3 is 0 Å². The number of amidine groups is 1. The van der Waals surface area contributed by atoms with Crippen molar-refractivity contribution in [1.29, 1.82) is 0 Å². The number of anilines is 1. The molecule has 5 N–H and O–H groups in total. The van der Waals surface area contributed by atoms with Crippen molar-refractivity contribution in [3.05, 3.63) is 54.7 Å². The number of thioether (sulfide) groups is 1. The third-order valence-corrected chi connectivity index (χ3v) is 9.94. The molecule has 12 nitrogen and oxygen atoms in total. The van der Waals surface area contributed by atoms with Gasteiger partial charge in [-0.25, -0.2) is 18.1 Å². The zero-order valence-electron chi connectivity index (χ0n) is 23.2. The number of hydrogen-bond donors (Lipinski definition) is 5. The molecule has 0 spiro atoms. The van der Waals surface area contributed by atoms with Gasteiger partial charge in [-0.15, -0.1) is 0 Å². The van der Waals surface area contributed by atoms with E-state index in [2.05, 4.69) is 14.7 Å². The molecule has 0 amide bonds. The number of piperidine rings is 1. The summed E-state index contributed by atoms with van der Waals surface area (Å²) in [5.74, 6) is 1.44. The minimum Gasteiger partial charge on any atom is -0.436 e. The van der Waals surface area contributed by atoms with E-state index in [1.807, 2.05) is 43.3 Å². The van der Waals surface area contributed by atoms with Crippen LogP contribution in [0, 0.1) is 0 Å². The third-order valence-electron chi connectivity index (χ3n) is 7.36. The number of sulfonamides is 1. The highest BCUT2D eigenvalue weighted by Crippen LogP contribution is 2.34. The van der Waals surface area contributed by atoms with Gasteiger partial charge in [0, 0.05) is 49.8 Å². The fourth-order valence-corrected chi connectivity index (χ4v) is 7.20. The van der Waals surface area contributed by atoms with Crippen LogP contribution in [0.15, 0.2) is 69.0 Å². The van der Waals surface area contributed by atoms with E-state index in [1.54, 1.807) is 18.3 Å². The first-order valence-electron chi connectivity index (χ1n) is 13.6. The normalized spacial score (nSPS) is 25.1. The van der Waals surface area contributed by atoms with Gasteiger partial charge in [0.25, 0.3) is 0 Å². The van der Waals surface area contributed by atoms with E-state index in [4.69, 9.17) is 4.42 Å². The van der Waals surface area contributed by atoms with Crippen LogP contribution in [0.25, 0.3) is 22.8 Å². The van der Waals surface area contributed by atoms with E-state index in [0.717, 1.165) is 11.3 Å². The van der Waals surface area contributed by atoms with Crippen molar-refractivity contribution in [1.82, 2.24) is 14.6 Å². The molecule has 0 saturated carbocycles. The Morgan fingerprint density at radius 1 is 1.00 bits per heavy atom. The minimum absolute atomic E-state index is 0.129. The molecule has 5 atom stereocenters. The monoisotopic (exact) mass is 617 g/mol. The Labute approximate surface area is 248 Å². The molecule has 2 fully saturated rings. The molecule has 3 aromatic rings. The van der Waals surface area contributed by atoms with E-state index >= 15 is 0 Å². The highest BCUT2D eigenvalue weighted by molar-refractivity contribution is 8.14. The van der Waals surface area contributed by atoms with Gasteiger partial charge in [-0.05, 0) is 61.4 Å². The number of aliphatic hydroxyl groups excluding tert-OH is 4. The number of hydrogen-bond acceptors (Lipinski definition) is 11. The lowest BCUT2D eigenvalue weighted by Crippen LogP contribution is -2.65. The highest BCUT2D eigenvalue weighted by atomic mass is 32.2. The summed E-state index contributed by atoms with van der Waals surface area (Å²) < 4.78 is 34.1. The smallest absolute Gasteiger partial charge is 0.240 e. The molecule has 14 heteroatoms. The summed E-state index contributed by atoms with van der Waals surface area (Å²) in [5.41, 5.74) is 2.62. The predicted molar refractivity (Wildman–Crippen MR) is 161 cm³/mol. The average Bonchev–Trinajstić information content (AvgIpc) is 3.65. The van der Waals surface area contributed by atoms with Crippen molar-refractivity contribution in [2.24, 2.45) is 4.99 Å². The summed E-state index contributed by atoms with van der Waals surface area (Å²) in [7, 11) is 0.227. The van der Waals surface area contributed by atoms with Crippen molar-refractivity contribution in [2.75, 3.05) is 37.8 Å². The lowest BCUT2D eigenvalue weighted by atomic mass is 9.94. The second-order valence-corrected chi connectivity index (χ2v) is 13.2. The van der Waals surface area contributed by atoms with Crippen LogP contribution in [0.2, 0.25) is 0 Å². The van der Waals surface area contributed by atoms with Gasteiger partial charge in [0.1, 0.15) is 18.3 Å². The van der Waals surface area contributed by atoms with Gasteiger partial charge in [-0.3, -0.25) is 4.99 Å². The van der Waals surface area contributed by atoms with E-state index < -0.39 is 40.6 Å².